The lowest BCUT2D eigenvalue weighted by Gasteiger charge is -2.10. The second-order valence-electron chi connectivity index (χ2n) is 6.18. The number of pyridine rings is 1. The van der Waals surface area contributed by atoms with Crippen molar-refractivity contribution < 1.29 is 13.9 Å². The predicted octanol–water partition coefficient (Wildman–Crippen LogP) is 4.87. The summed E-state index contributed by atoms with van der Waals surface area (Å²) in [6.45, 7) is 0. The maximum atomic E-state index is 13.2. The average Bonchev–Trinajstić information content (AvgIpc) is 3.40. The highest BCUT2D eigenvalue weighted by atomic mass is 19.1. The van der Waals surface area contributed by atoms with Crippen molar-refractivity contribution in [3.63, 3.8) is 0 Å². The van der Waals surface area contributed by atoms with Gasteiger partial charge in [-0.1, -0.05) is 0 Å². The zero-order valence-electron chi connectivity index (χ0n) is 15.0. The molecule has 0 aliphatic carbocycles. The Balaban J connectivity index is 1.59. The molecule has 5 aromatic rings. The van der Waals surface area contributed by atoms with E-state index in [4.69, 9.17) is 9.47 Å². The van der Waals surface area contributed by atoms with Crippen LogP contribution in [0.1, 0.15) is 0 Å². The summed E-state index contributed by atoms with van der Waals surface area (Å²) in [5, 5.41) is 4.20. The van der Waals surface area contributed by atoms with Gasteiger partial charge in [-0.3, -0.25) is 4.98 Å². The van der Waals surface area contributed by atoms with Gasteiger partial charge in [-0.15, -0.1) is 0 Å². The molecule has 0 atom stereocenters. The standard InChI is InChI=1S/C21H14FN5O2/c22-14-4-6-15(7-5-14)29-19-12-17(28-16-3-1-8-23-13-16)11-18-20(19)26-21(25-18)27-10-2-9-24-27/h1-13H,(H,25,26). The van der Waals surface area contributed by atoms with Crippen LogP contribution in [0, 0.1) is 5.82 Å². The summed E-state index contributed by atoms with van der Waals surface area (Å²) in [6, 6.07) is 14.7. The van der Waals surface area contributed by atoms with Crippen LogP contribution in [0.4, 0.5) is 4.39 Å². The fourth-order valence-corrected chi connectivity index (χ4v) is 2.86. The molecule has 3 heterocycles. The second kappa shape index (κ2) is 7.08. The molecule has 0 saturated heterocycles. The number of nitrogens with zero attached hydrogens (tertiary/aromatic N) is 4. The molecule has 0 radical (unpaired) electrons. The van der Waals surface area contributed by atoms with E-state index in [1.54, 1.807) is 65.9 Å². The molecular formula is C21H14FN5O2. The highest BCUT2D eigenvalue weighted by molar-refractivity contribution is 5.85. The minimum Gasteiger partial charge on any atom is -0.456 e. The Morgan fingerprint density at radius 1 is 0.897 bits per heavy atom. The summed E-state index contributed by atoms with van der Waals surface area (Å²) in [7, 11) is 0. The maximum absolute atomic E-state index is 13.2. The van der Waals surface area contributed by atoms with Crippen LogP contribution in [-0.2, 0) is 0 Å². The topological polar surface area (TPSA) is 77.9 Å². The van der Waals surface area contributed by atoms with Gasteiger partial charge in [0.1, 0.15) is 28.6 Å². The maximum Gasteiger partial charge on any atom is 0.229 e. The van der Waals surface area contributed by atoms with Gasteiger partial charge in [-0.05, 0) is 42.5 Å². The lowest BCUT2D eigenvalue weighted by molar-refractivity contribution is 0.462. The van der Waals surface area contributed by atoms with Crippen LogP contribution in [-0.4, -0.2) is 24.7 Å². The second-order valence-corrected chi connectivity index (χ2v) is 6.18. The molecule has 3 aromatic heterocycles. The van der Waals surface area contributed by atoms with Gasteiger partial charge < -0.3 is 14.5 Å². The van der Waals surface area contributed by atoms with Crippen molar-refractivity contribution >= 4 is 11.0 Å². The van der Waals surface area contributed by atoms with Crippen molar-refractivity contribution in [2.45, 2.75) is 0 Å². The minimum atomic E-state index is -0.336. The number of hydrogen-bond donors (Lipinski definition) is 1. The number of nitrogens with one attached hydrogen (secondary N) is 1. The Hall–Kier alpha value is -4.20. The van der Waals surface area contributed by atoms with Crippen molar-refractivity contribution in [3.8, 4) is 28.9 Å². The van der Waals surface area contributed by atoms with E-state index in [0.717, 1.165) is 0 Å². The van der Waals surface area contributed by atoms with Gasteiger partial charge in [0.25, 0.3) is 0 Å². The van der Waals surface area contributed by atoms with Crippen molar-refractivity contribution in [3.05, 3.63) is 85.2 Å². The number of halogens is 1. The summed E-state index contributed by atoms with van der Waals surface area (Å²) >= 11 is 0. The first kappa shape index (κ1) is 16.9. The number of hydrogen-bond acceptors (Lipinski definition) is 5. The molecule has 5 rings (SSSR count). The fourth-order valence-electron chi connectivity index (χ4n) is 2.86. The van der Waals surface area contributed by atoms with E-state index in [1.807, 2.05) is 6.07 Å². The van der Waals surface area contributed by atoms with Gasteiger partial charge in [-0.2, -0.15) is 5.10 Å². The molecule has 2 aromatic carbocycles. The van der Waals surface area contributed by atoms with E-state index >= 15 is 0 Å². The molecule has 0 unspecified atom stereocenters. The van der Waals surface area contributed by atoms with Crippen LogP contribution in [0.25, 0.3) is 17.0 Å². The molecule has 0 spiro atoms. The van der Waals surface area contributed by atoms with E-state index in [1.165, 1.54) is 12.1 Å². The molecular weight excluding hydrogens is 373 g/mol. The molecule has 1 N–H and O–H groups in total. The predicted molar refractivity (Wildman–Crippen MR) is 104 cm³/mol. The zero-order chi connectivity index (χ0) is 19.6. The number of fused-ring (bicyclic) bond motifs is 1. The van der Waals surface area contributed by atoms with Crippen LogP contribution in [0.2, 0.25) is 0 Å². The third-order valence-electron chi connectivity index (χ3n) is 4.15. The van der Waals surface area contributed by atoms with Crippen LogP contribution in [0.5, 0.6) is 23.0 Å². The minimum absolute atomic E-state index is 0.336. The van der Waals surface area contributed by atoms with E-state index in [-0.39, 0.29) is 5.82 Å². The summed E-state index contributed by atoms with van der Waals surface area (Å²) in [4.78, 5) is 11.9. The normalized spacial score (nSPS) is 10.9. The summed E-state index contributed by atoms with van der Waals surface area (Å²) in [5.74, 6) is 2.27. The zero-order valence-corrected chi connectivity index (χ0v) is 15.0. The molecule has 29 heavy (non-hydrogen) atoms. The van der Waals surface area contributed by atoms with Gasteiger partial charge in [0, 0.05) is 30.7 Å². The summed E-state index contributed by atoms with van der Waals surface area (Å²) < 4.78 is 26.7. The largest absolute Gasteiger partial charge is 0.456 e. The monoisotopic (exact) mass is 387 g/mol. The number of aromatic nitrogens is 5. The lowest BCUT2D eigenvalue weighted by atomic mass is 10.2. The van der Waals surface area contributed by atoms with E-state index in [9.17, 15) is 4.39 Å². The molecule has 0 bridgehead atoms. The molecule has 0 amide bonds. The smallest absolute Gasteiger partial charge is 0.229 e. The van der Waals surface area contributed by atoms with Crippen LogP contribution in [0.3, 0.4) is 0 Å². The number of rotatable bonds is 5. The first-order valence-electron chi connectivity index (χ1n) is 8.80. The van der Waals surface area contributed by atoms with Gasteiger partial charge in [0.05, 0.1) is 11.7 Å². The molecule has 0 aliphatic rings. The summed E-state index contributed by atoms with van der Waals surface area (Å²) in [6.07, 6.45) is 6.74. The van der Waals surface area contributed by atoms with Crippen LogP contribution < -0.4 is 9.47 Å². The molecule has 7 nitrogen and oxygen atoms in total. The van der Waals surface area contributed by atoms with E-state index in [0.29, 0.717) is 40.0 Å². The number of aromatic amines is 1. The van der Waals surface area contributed by atoms with Gasteiger partial charge in [-0.25, -0.2) is 14.1 Å². The Labute approximate surface area is 164 Å². The van der Waals surface area contributed by atoms with E-state index < -0.39 is 0 Å². The van der Waals surface area contributed by atoms with Crippen molar-refractivity contribution in [1.82, 2.24) is 24.7 Å². The third-order valence-corrected chi connectivity index (χ3v) is 4.15. The van der Waals surface area contributed by atoms with Crippen molar-refractivity contribution in [1.29, 1.82) is 0 Å². The van der Waals surface area contributed by atoms with Crippen molar-refractivity contribution in [2.75, 3.05) is 0 Å². The van der Waals surface area contributed by atoms with Crippen LogP contribution in [0.15, 0.2) is 79.4 Å². The van der Waals surface area contributed by atoms with Crippen LogP contribution >= 0.6 is 0 Å². The lowest BCUT2D eigenvalue weighted by Crippen LogP contribution is -1.95. The van der Waals surface area contributed by atoms with Gasteiger partial charge >= 0.3 is 0 Å². The number of H-pyrrole nitrogens is 1. The Bertz CT molecular complexity index is 1250. The first-order chi connectivity index (χ1) is 14.2. The van der Waals surface area contributed by atoms with Crippen molar-refractivity contribution in [2.24, 2.45) is 0 Å². The molecule has 8 heteroatoms. The van der Waals surface area contributed by atoms with E-state index in [2.05, 4.69) is 20.1 Å². The Kier molecular flexibility index (Phi) is 4.14. The van der Waals surface area contributed by atoms with Gasteiger partial charge in [0.15, 0.2) is 5.75 Å². The third kappa shape index (κ3) is 3.51. The van der Waals surface area contributed by atoms with Gasteiger partial charge in [0.2, 0.25) is 5.95 Å². The Morgan fingerprint density at radius 3 is 2.55 bits per heavy atom. The highest BCUT2D eigenvalue weighted by Gasteiger charge is 2.14. The quantitative estimate of drug-likeness (QED) is 0.466. The first-order valence-corrected chi connectivity index (χ1v) is 8.80. The number of ether oxygens (including phenoxy) is 2. The molecule has 0 fully saturated rings. The average molecular weight is 387 g/mol. The molecule has 142 valence electrons. The number of benzene rings is 2. The molecule has 0 aliphatic heterocycles. The highest BCUT2D eigenvalue weighted by Crippen LogP contribution is 2.35. The Morgan fingerprint density at radius 2 is 1.79 bits per heavy atom. The molecule has 0 saturated carbocycles. The fraction of sp³-hybridized carbons (Fsp3) is 0. The summed E-state index contributed by atoms with van der Waals surface area (Å²) in [5.41, 5.74) is 1.30. The number of imidazole rings is 1. The SMILES string of the molecule is Fc1ccc(Oc2cc(Oc3cccnc3)cc3[nH]c(-n4cccn4)nc23)cc1.